The van der Waals surface area contributed by atoms with Gasteiger partial charge in [-0.25, -0.2) is 14.8 Å². The van der Waals surface area contributed by atoms with Crippen LogP contribution in [0.3, 0.4) is 0 Å². The van der Waals surface area contributed by atoms with Crippen molar-refractivity contribution < 1.29 is 19.0 Å². The predicted octanol–water partition coefficient (Wildman–Crippen LogP) is 5.03. The van der Waals surface area contributed by atoms with E-state index in [9.17, 15) is 4.79 Å². The Morgan fingerprint density at radius 2 is 1.67 bits per heavy atom. The zero-order valence-electron chi connectivity index (χ0n) is 18.8. The van der Waals surface area contributed by atoms with Crippen molar-refractivity contribution in [3.05, 3.63) is 53.3 Å². The number of esters is 1. The third-order valence-electron chi connectivity index (χ3n) is 4.54. The van der Waals surface area contributed by atoms with Gasteiger partial charge in [0.1, 0.15) is 23.5 Å². The molecule has 3 aromatic rings. The van der Waals surface area contributed by atoms with Gasteiger partial charge in [0.25, 0.3) is 0 Å². The minimum absolute atomic E-state index is 0.271. The maximum atomic E-state index is 12.1. The number of halogens is 1. The van der Waals surface area contributed by atoms with Gasteiger partial charge < -0.3 is 30.6 Å². The predicted molar refractivity (Wildman–Crippen MR) is 129 cm³/mol. The molecule has 0 spiro atoms. The lowest BCUT2D eigenvalue weighted by Gasteiger charge is -2.16. The summed E-state index contributed by atoms with van der Waals surface area (Å²) in [6, 6.07) is 10.1. The lowest BCUT2D eigenvalue weighted by Crippen LogP contribution is -2.10. The number of nitrogens with two attached hydrogens (primary N) is 1. The van der Waals surface area contributed by atoms with Crippen LogP contribution in [0.4, 0.5) is 28.7 Å². The number of carbonyl (C=O) groups excluding carboxylic acids is 1. The molecule has 2 aromatic carbocycles. The lowest BCUT2D eigenvalue weighted by atomic mass is 10.2. The Balaban J connectivity index is 1.77. The molecule has 0 aliphatic rings. The summed E-state index contributed by atoms with van der Waals surface area (Å²) in [6.07, 6.45) is 1.37. The Hall–Kier alpha value is -3.72. The van der Waals surface area contributed by atoms with Gasteiger partial charge in [0, 0.05) is 11.8 Å². The molecule has 0 aliphatic heterocycles. The molecule has 3 rings (SSSR count). The third-order valence-corrected chi connectivity index (χ3v) is 4.84. The second-order valence-corrected chi connectivity index (χ2v) is 7.90. The number of hydrogen-bond acceptors (Lipinski definition) is 9. The molecule has 174 valence electrons. The summed E-state index contributed by atoms with van der Waals surface area (Å²) in [6.45, 7) is 4.33. The smallest absolute Gasteiger partial charge is 0.338 e. The highest BCUT2D eigenvalue weighted by molar-refractivity contribution is 6.32. The van der Waals surface area contributed by atoms with Crippen molar-refractivity contribution in [1.29, 1.82) is 0 Å². The largest absolute Gasteiger partial charge is 0.495 e. The van der Waals surface area contributed by atoms with Gasteiger partial charge in [0.05, 0.1) is 37.1 Å². The number of benzene rings is 2. The molecule has 0 unspecified atom stereocenters. The van der Waals surface area contributed by atoms with Crippen LogP contribution in [0.15, 0.2) is 42.7 Å². The van der Waals surface area contributed by atoms with Crippen LogP contribution in [0.25, 0.3) is 0 Å². The van der Waals surface area contributed by atoms with Crippen LogP contribution in [0.5, 0.6) is 11.5 Å². The van der Waals surface area contributed by atoms with Gasteiger partial charge in [-0.2, -0.15) is 0 Å². The molecule has 0 atom stereocenters. The molecule has 33 heavy (non-hydrogen) atoms. The molecule has 0 saturated heterocycles. The van der Waals surface area contributed by atoms with E-state index in [0.29, 0.717) is 51.7 Å². The summed E-state index contributed by atoms with van der Waals surface area (Å²) in [7, 11) is 3.06. The van der Waals surface area contributed by atoms with Crippen LogP contribution in [-0.2, 0) is 4.74 Å². The van der Waals surface area contributed by atoms with Crippen molar-refractivity contribution in [2.75, 3.05) is 37.2 Å². The van der Waals surface area contributed by atoms with Gasteiger partial charge in [0.15, 0.2) is 11.6 Å². The number of rotatable bonds is 9. The number of nitrogens with zero attached hydrogens (tertiary/aromatic N) is 2. The molecule has 1 heterocycles. The molecule has 9 nitrogen and oxygen atoms in total. The van der Waals surface area contributed by atoms with Crippen LogP contribution in [-0.4, -0.2) is 36.8 Å². The summed E-state index contributed by atoms with van der Waals surface area (Å²) >= 11 is 6.24. The zero-order valence-corrected chi connectivity index (χ0v) is 19.6. The Labute approximate surface area is 197 Å². The summed E-state index contributed by atoms with van der Waals surface area (Å²) in [5.41, 5.74) is 8.28. The summed E-state index contributed by atoms with van der Waals surface area (Å²) in [5.74, 6) is 1.64. The van der Waals surface area contributed by atoms with Crippen LogP contribution in [0.2, 0.25) is 5.02 Å². The first-order valence-electron chi connectivity index (χ1n) is 10.2. The molecule has 0 saturated carbocycles. The number of ether oxygens (including phenoxy) is 3. The fourth-order valence-electron chi connectivity index (χ4n) is 2.83. The van der Waals surface area contributed by atoms with Crippen LogP contribution >= 0.6 is 11.6 Å². The summed E-state index contributed by atoms with van der Waals surface area (Å²) in [5, 5.41) is 6.64. The first-order valence-corrected chi connectivity index (χ1v) is 10.5. The van der Waals surface area contributed by atoms with Crippen LogP contribution in [0, 0.1) is 5.92 Å². The SMILES string of the molecule is COc1cc(OC)c(Nc2ncnc(Nc3ccc(C(=O)OCC(C)C)cc3)c2N)cc1Cl. The second-order valence-electron chi connectivity index (χ2n) is 7.49. The second kappa shape index (κ2) is 10.7. The molecule has 0 amide bonds. The quantitative estimate of drug-likeness (QED) is 0.369. The third kappa shape index (κ3) is 5.95. The highest BCUT2D eigenvalue weighted by atomic mass is 35.5. The average Bonchev–Trinajstić information content (AvgIpc) is 2.80. The van der Waals surface area contributed by atoms with E-state index in [1.165, 1.54) is 20.5 Å². The monoisotopic (exact) mass is 471 g/mol. The molecule has 0 fully saturated rings. The number of nitrogen functional groups attached to an aromatic ring is 1. The van der Waals surface area contributed by atoms with E-state index < -0.39 is 0 Å². The van der Waals surface area contributed by atoms with E-state index in [1.807, 2.05) is 13.8 Å². The van der Waals surface area contributed by atoms with Crippen LogP contribution < -0.4 is 25.8 Å². The van der Waals surface area contributed by atoms with Gasteiger partial charge in [-0.05, 0) is 36.2 Å². The van der Waals surface area contributed by atoms with Crippen molar-refractivity contribution >= 4 is 46.3 Å². The molecule has 10 heteroatoms. The molecule has 0 bridgehead atoms. The van der Waals surface area contributed by atoms with Gasteiger partial charge in [-0.3, -0.25) is 0 Å². The summed E-state index contributed by atoms with van der Waals surface area (Å²) < 4.78 is 15.9. The maximum Gasteiger partial charge on any atom is 0.338 e. The maximum absolute atomic E-state index is 12.1. The highest BCUT2D eigenvalue weighted by Gasteiger charge is 2.15. The Kier molecular flexibility index (Phi) is 7.78. The van der Waals surface area contributed by atoms with E-state index in [-0.39, 0.29) is 17.6 Å². The fourth-order valence-corrected chi connectivity index (χ4v) is 3.07. The highest BCUT2D eigenvalue weighted by Crippen LogP contribution is 2.38. The van der Waals surface area contributed by atoms with Crippen molar-refractivity contribution in [2.24, 2.45) is 5.92 Å². The normalized spacial score (nSPS) is 10.6. The van der Waals surface area contributed by atoms with Crippen molar-refractivity contribution in [3.63, 3.8) is 0 Å². The standard InChI is InChI=1S/C23H26ClN5O4/c1-13(2)11-33-23(30)14-5-7-15(8-6-14)28-21-20(25)22(27-12-26-21)29-17-9-16(24)18(31-3)10-19(17)32-4/h5-10,12-13H,11,25H2,1-4H3,(H2,26,27,28,29). The fraction of sp³-hybridized carbons (Fsp3) is 0.261. The zero-order chi connectivity index (χ0) is 24.0. The Morgan fingerprint density at radius 3 is 2.27 bits per heavy atom. The number of carbonyl (C=O) groups is 1. The molecule has 4 N–H and O–H groups in total. The number of hydrogen-bond donors (Lipinski definition) is 3. The first-order chi connectivity index (χ1) is 15.8. The number of methoxy groups -OCH3 is 2. The topological polar surface area (TPSA) is 121 Å². The number of aromatic nitrogens is 2. The van der Waals surface area contributed by atoms with Crippen LogP contribution in [0.1, 0.15) is 24.2 Å². The van der Waals surface area contributed by atoms with Gasteiger partial charge in [-0.15, -0.1) is 0 Å². The van der Waals surface area contributed by atoms with Crippen molar-refractivity contribution in [1.82, 2.24) is 9.97 Å². The van der Waals surface area contributed by atoms with Crippen molar-refractivity contribution in [2.45, 2.75) is 13.8 Å². The van der Waals surface area contributed by atoms with Crippen molar-refractivity contribution in [3.8, 4) is 11.5 Å². The van der Waals surface area contributed by atoms with E-state index in [2.05, 4.69) is 20.6 Å². The molecule has 0 aliphatic carbocycles. The molecule has 0 radical (unpaired) electrons. The lowest BCUT2D eigenvalue weighted by molar-refractivity contribution is 0.0459. The minimum Gasteiger partial charge on any atom is -0.495 e. The number of anilines is 5. The van der Waals surface area contributed by atoms with Gasteiger partial charge >= 0.3 is 5.97 Å². The Bertz CT molecular complexity index is 1120. The van der Waals surface area contributed by atoms with E-state index in [4.69, 9.17) is 31.5 Å². The van der Waals surface area contributed by atoms with E-state index in [0.717, 1.165) is 0 Å². The van der Waals surface area contributed by atoms with E-state index in [1.54, 1.807) is 36.4 Å². The Morgan fingerprint density at radius 1 is 1.03 bits per heavy atom. The molecule has 1 aromatic heterocycles. The van der Waals surface area contributed by atoms with Gasteiger partial charge in [0.2, 0.25) is 0 Å². The molecular weight excluding hydrogens is 446 g/mol. The summed E-state index contributed by atoms with van der Waals surface area (Å²) in [4.78, 5) is 20.5. The molecular formula is C23H26ClN5O4. The minimum atomic E-state index is -0.365. The number of nitrogens with one attached hydrogen (secondary N) is 2. The average molecular weight is 472 g/mol. The first kappa shape index (κ1) is 23.9. The van der Waals surface area contributed by atoms with E-state index >= 15 is 0 Å². The van der Waals surface area contributed by atoms with Gasteiger partial charge in [-0.1, -0.05) is 25.4 Å².